The van der Waals surface area contributed by atoms with Gasteiger partial charge in [-0.2, -0.15) is 0 Å². The van der Waals surface area contributed by atoms with Gasteiger partial charge in [-0.25, -0.2) is 0 Å². The molecule has 0 radical (unpaired) electrons. The van der Waals surface area contributed by atoms with Gasteiger partial charge in [0.05, 0.1) is 12.3 Å². The highest BCUT2D eigenvalue weighted by molar-refractivity contribution is 5.96. The van der Waals surface area contributed by atoms with E-state index in [0.29, 0.717) is 13.0 Å². The minimum absolute atomic E-state index is 0.0790. The Hall–Kier alpha value is -2.62. The first-order valence-electron chi connectivity index (χ1n) is 9.76. The largest absolute Gasteiger partial charge is 0.342 e. The lowest BCUT2D eigenvalue weighted by molar-refractivity contribution is -0.134. The van der Waals surface area contributed by atoms with Gasteiger partial charge in [-0.05, 0) is 44.4 Å². The Morgan fingerprint density at radius 1 is 1.04 bits per heavy atom. The van der Waals surface area contributed by atoms with Crippen LogP contribution >= 0.6 is 0 Å². The smallest absolute Gasteiger partial charge is 0.232 e. The summed E-state index contributed by atoms with van der Waals surface area (Å²) in [6.07, 6.45) is 2.11. The Balaban J connectivity index is 1.69. The molecule has 4 heteroatoms. The number of hydrogen-bond donors (Lipinski definition) is 0. The van der Waals surface area contributed by atoms with Crippen molar-refractivity contribution in [3.63, 3.8) is 0 Å². The second-order valence-electron chi connectivity index (χ2n) is 7.48. The molecule has 0 spiro atoms. The van der Waals surface area contributed by atoms with Crippen molar-refractivity contribution < 1.29 is 9.59 Å². The fraction of sp³-hybridized carbons (Fsp3) is 0.391. The Labute approximate surface area is 161 Å². The van der Waals surface area contributed by atoms with E-state index in [9.17, 15) is 9.59 Å². The van der Waals surface area contributed by atoms with Gasteiger partial charge in [-0.3, -0.25) is 9.59 Å². The van der Waals surface area contributed by atoms with E-state index in [-0.39, 0.29) is 23.8 Å². The summed E-state index contributed by atoms with van der Waals surface area (Å²) >= 11 is 0. The topological polar surface area (TPSA) is 40.6 Å². The van der Waals surface area contributed by atoms with E-state index < -0.39 is 0 Å². The Bertz CT molecular complexity index is 758. The van der Waals surface area contributed by atoms with E-state index in [4.69, 9.17) is 0 Å². The lowest BCUT2D eigenvalue weighted by Gasteiger charge is -2.36. The number of amides is 2. The summed E-state index contributed by atoms with van der Waals surface area (Å²) in [7, 11) is 0. The normalized spacial score (nSPS) is 17.0. The summed E-state index contributed by atoms with van der Waals surface area (Å²) in [4.78, 5) is 29.7. The van der Waals surface area contributed by atoms with E-state index in [1.165, 1.54) is 0 Å². The molecule has 4 nitrogen and oxygen atoms in total. The van der Waals surface area contributed by atoms with Crippen LogP contribution < -0.4 is 4.90 Å². The zero-order valence-electron chi connectivity index (χ0n) is 16.2. The number of carbonyl (C=O) groups excluding carboxylic acids is 2. The Kier molecular flexibility index (Phi) is 6.28. The monoisotopic (exact) mass is 364 g/mol. The van der Waals surface area contributed by atoms with Crippen molar-refractivity contribution in [1.29, 1.82) is 0 Å². The van der Waals surface area contributed by atoms with E-state index >= 15 is 0 Å². The van der Waals surface area contributed by atoms with Crippen LogP contribution in [0.5, 0.6) is 0 Å². The number of likely N-dealkylation sites (tertiary alicyclic amines) is 1. The summed E-state index contributed by atoms with van der Waals surface area (Å²) in [5.41, 5.74) is 1.94. The molecule has 2 amide bonds. The molecule has 0 N–H and O–H groups in total. The lowest BCUT2D eigenvalue weighted by atomic mass is 9.95. The van der Waals surface area contributed by atoms with Gasteiger partial charge < -0.3 is 9.80 Å². The molecule has 2 aromatic rings. The Morgan fingerprint density at radius 2 is 1.67 bits per heavy atom. The molecule has 1 fully saturated rings. The van der Waals surface area contributed by atoms with Crippen molar-refractivity contribution in [3.05, 3.63) is 66.2 Å². The predicted octanol–water partition coefficient (Wildman–Crippen LogP) is 3.91. The Morgan fingerprint density at radius 3 is 2.30 bits per heavy atom. The second-order valence-corrected chi connectivity index (χ2v) is 7.48. The van der Waals surface area contributed by atoms with E-state index in [0.717, 1.165) is 30.6 Å². The first-order valence-corrected chi connectivity index (χ1v) is 9.76. The molecule has 1 heterocycles. The van der Waals surface area contributed by atoms with Gasteiger partial charge in [0.1, 0.15) is 0 Å². The zero-order valence-corrected chi connectivity index (χ0v) is 16.2. The summed E-state index contributed by atoms with van der Waals surface area (Å²) in [6.45, 7) is 5.32. The van der Waals surface area contributed by atoms with Gasteiger partial charge >= 0.3 is 0 Å². The van der Waals surface area contributed by atoms with Crippen LogP contribution in [0.25, 0.3) is 0 Å². The van der Waals surface area contributed by atoms with Gasteiger partial charge in [0.25, 0.3) is 0 Å². The third-order valence-corrected chi connectivity index (χ3v) is 5.11. The van der Waals surface area contributed by atoms with Gasteiger partial charge in [0.2, 0.25) is 11.8 Å². The SMILES string of the molecule is CC(C)N(C(=O)C1CCCN(C(=O)Cc2ccccc2)C1)c1ccccc1. The van der Waals surface area contributed by atoms with E-state index in [1.807, 2.05) is 84.3 Å². The molecule has 1 aliphatic heterocycles. The van der Waals surface area contributed by atoms with Crippen molar-refractivity contribution in [1.82, 2.24) is 4.90 Å². The first kappa shape index (κ1) is 19.2. The van der Waals surface area contributed by atoms with Crippen molar-refractivity contribution in [2.45, 2.75) is 39.2 Å². The van der Waals surface area contributed by atoms with Crippen LogP contribution in [0.1, 0.15) is 32.3 Å². The van der Waals surface area contributed by atoms with Gasteiger partial charge in [0.15, 0.2) is 0 Å². The number of para-hydroxylation sites is 1. The average molecular weight is 364 g/mol. The summed E-state index contributed by atoms with van der Waals surface area (Å²) in [5.74, 6) is 0.0870. The molecule has 1 saturated heterocycles. The van der Waals surface area contributed by atoms with Gasteiger partial charge in [0, 0.05) is 24.8 Å². The fourth-order valence-corrected chi connectivity index (χ4v) is 3.75. The van der Waals surface area contributed by atoms with Gasteiger partial charge in [-0.15, -0.1) is 0 Å². The highest BCUT2D eigenvalue weighted by Gasteiger charge is 2.32. The summed E-state index contributed by atoms with van der Waals surface area (Å²) < 4.78 is 0. The minimum atomic E-state index is -0.138. The first-order chi connectivity index (χ1) is 13.1. The molecule has 3 rings (SSSR count). The summed E-state index contributed by atoms with van der Waals surface area (Å²) in [6, 6.07) is 19.7. The van der Waals surface area contributed by atoms with Crippen LogP contribution in [0.3, 0.4) is 0 Å². The van der Waals surface area contributed by atoms with Crippen LogP contribution in [-0.4, -0.2) is 35.8 Å². The number of piperidine rings is 1. The molecule has 0 saturated carbocycles. The maximum atomic E-state index is 13.3. The third-order valence-electron chi connectivity index (χ3n) is 5.11. The standard InChI is InChI=1S/C23H28N2O2/c1-18(2)25(21-13-7-4-8-14-21)23(27)20-12-9-15-24(17-20)22(26)16-19-10-5-3-6-11-19/h3-8,10-11,13-14,18,20H,9,12,15-17H2,1-2H3. The number of nitrogens with zero attached hydrogens (tertiary/aromatic N) is 2. The van der Waals surface area contributed by atoms with Crippen LogP contribution in [0.2, 0.25) is 0 Å². The quantitative estimate of drug-likeness (QED) is 0.807. The van der Waals surface area contributed by atoms with Crippen LogP contribution in [0.15, 0.2) is 60.7 Å². The van der Waals surface area contributed by atoms with Crippen molar-refractivity contribution in [2.75, 3.05) is 18.0 Å². The molecule has 0 bridgehead atoms. The fourth-order valence-electron chi connectivity index (χ4n) is 3.75. The highest BCUT2D eigenvalue weighted by atomic mass is 16.2. The number of anilines is 1. The van der Waals surface area contributed by atoms with Gasteiger partial charge in [-0.1, -0.05) is 48.5 Å². The van der Waals surface area contributed by atoms with Crippen molar-refractivity contribution in [3.8, 4) is 0 Å². The van der Waals surface area contributed by atoms with Crippen molar-refractivity contribution >= 4 is 17.5 Å². The highest BCUT2D eigenvalue weighted by Crippen LogP contribution is 2.25. The number of hydrogen-bond acceptors (Lipinski definition) is 2. The van der Waals surface area contributed by atoms with E-state index in [2.05, 4.69) is 0 Å². The maximum Gasteiger partial charge on any atom is 0.232 e. The third kappa shape index (κ3) is 4.76. The molecule has 1 atom stereocenters. The molecular weight excluding hydrogens is 336 g/mol. The molecule has 0 aliphatic carbocycles. The number of rotatable bonds is 5. The van der Waals surface area contributed by atoms with Crippen LogP contribution in [0, 0.1) is 5.92 Å². The van der Waals surface area contributed by atoms with Crippen LogP contribution in [-0.2, 0) is 16.0 Å². The minimum Gasteiger partial charge on any atom is -0.342 e. The molecule has 1 unspecified atom stereocenters. The van der Waals surface area contributed by atoms with Crippen LogP contribution in [0.4, 0.5) is 5.69 Å². The molecule has 2 aromatic carbocycles. The zero-order chi connectivity index (χ0) is 19.2. The molecule has 142 valence electrons. The molecule has 1 aliphatic rings. The molecule has 27 heavy (non-hydrogen) atoms. The molecule has 0 aromatic heterocycles. The van der Waals surface area contributed by atoms with E-state index in [1.54, 1.807) is 0 Å². The predicted molar refractivity (Wildman–Crippen MR) is 109 cm³/mol. The maximum absolute atomic E-state index is 13.3. The average Bonchev–Trinajstić information content (AvgIpc) is 2.69. The summed E-state index contributed by atoms with van der Waals surface area (Å²) in [5, 5.41) is 0. The lowest BCUT2D eigenvalue weighted by Crippen LogP contribution is -2.49. The number of benzene rings is 2. The second kappa shape index (κ2) is 8.85. The van der Waals surface area contributed by atoms with Crippen molar-refractivity contribution in [2.24, 2.45) is 5.92 Å². The molecular formula is C23H28N2O2. The number of carbonyl (C=O) groups is 2.